The Morgan fingerprint density at radius 2 is 1.33 bits per heavy atom. The molecule has 3 heterocycles. The molecule has 21 atom stereocenters. The number of hydrogen-bond acceptors (Lipinski definition) is 17. The summed E-state index contributed by atoms with van der Waals surface area (Å²) in [4.78, 5) is 14.1. The molecule has 7 aliphatic rings. The fraction of sp³-hybridized carbons (Fsp3) is 0.921. The molecule has 10 N–H and O–H groups in total. The van der Waals surface area contributed by atoms with Gasteiger partial charge in [-0.05, 0) is 93.5 Å². The number of fused-ring (bicyclic) bond motifs is 3. The molecule has 0 amide bonds. The quantitative estimate of drug-likeness (QED) is 0.0730. The molecule has 7 rings (SSSR count). The summed E-state index contributed by atoms with van der Waals surface area (Å²) >= 11 is 0. The average Bonchev–Trinajstić information content (AvgIpc) is 3.35. The van der Waals surface area contributed by atoms with Crippen LogP contribution >= 0.6 is 0 Å². The lowest BCUT2D eigenvalue weighted by molar-refractivity contribution is -0.376. The van der Waals surface area contributed by atoms with Gasteiger partial charge in [0.2, 0.25) is 6.29 Å². The van der Waals surface area contributed by atoms with E-state index in [2.05, 4.69) is 13.5 Å². The molecule has 4 aliphatic carbocycles. The van der Waals surface area contributed by atoms with Gasteiger partial charge in [0.05, 0.1) is 30.3 Å². The Kier molecular flexibility index (Phi) is 11.4. The van der Waals surface area contributed by atoms with Crippen molar-refractivity contribution in [3.63, 3.8) is 0 Å². The monoisotopic (exact) mass is 788 g/mol. The fourth-order valence-corrected chi connectivity index (χ4v) is 12.0. The third-order valence-electron chi connectivity index (χ3n) is 14.9. The van der Waals surface area contributed by atoms with Gasteiger partial charge in [-0.15, -0.1) is 0 Å². The molecule has 1 spiro atoms. The molecular formula is C38H60O17. The number of aliphatic hydroxyl groups excluding tert-OH is 10. The molecule has 17 unspecified atom stereocenters. The second-order valence-corrected chi connectivity index (χ2v) is 18.0. The SMILES string of the molecule is C=C1C[C@]23CCC4[C@@](C)(CCC[C@@]4(C)C(=O)OC4OC(CO)C(O)C(O)C4O)C2CC[C@@]1(OC1OC(CO)C(O)C(O)C1OC1OC(C)C(O)C(O)C1O)C3. The Morgan fingerprint density at radius 3 is 2.00 bits per heavy atom. The van der Waals surface area contributed by atoms with Gasteiger partial charge >= 0.3 is 5.97 Å². The number of aliphatic hydroxyl groups is 10. The van der Waals surface area contributed by atoms with Crippen molar-refractivity contribution in [1.82, 2.24) is 0 Å². The Balaban J connectivity index is 1.10. The predicted octanol–water partition coefficient (Wildman–Crippen LogP) is -1.91. The van der Waals surface area contributed by atoms with E-state index in [9.17, 15) is 55.9 Å². The van der Waals surface area contributed by atoms with Crippen LogP contribution in [0.2, 0.25) is 0 Å². The highest BCUT2D eigenvalue weighted by atomic mass is 16.8. The standard InChI is InChI=1S/C38H60O17/c1-16-12-37-10-6-20-35(3,8-5-9-36(20,4)34(49)54-32-29(48)26(45)23(42)18(13-39)51-32)21(37)7-11-38(16,15-37)55-33-30(27(46)24(43)19(14-40)52-33)53-31-28(47)25(44)22(41)17(2)50-31/h17-33,39-48H,1,5-15H2,2-4H3/t17?,18?,19?,20?,21?,22?,23?,24?,25?,26?,27?,28?,29?,30?,31?,32?,33?,35-,36-,37+,38-/m1/s1. The van der Waals surface area contributed by atoms with Gasteiger partial charge < -0.3 is 79.5 Å². The average molecular weight is 789 g/mol. The van der Waals surface area contributed by atoms with Crippen molar-refractivity contribution in [3.8, 4) is 0 Å². The largest absolute Gasteiger partial charge is 0.432 e. The minimum atomic E-state index is -1.70. The van der Waals surface area contributed by atoms with Crippen LogP contribution in [0.4, 0.5) is 0 Å². The van der Waals surface area contributed by atoms with Gasteiger partial charge in [-0.1, -0.05) is 19.9 Å². The summed E-state index contributed by atoms with van der Waals surface area (Å²) < 4.78 is 35.8. The molecule has 0 aromatic rings. The van der Waals surface area contributed by atoms with E-state index in [0.717, 1.165) is 24.8 Å². The van der Waals surface area contributed by atoms with E-state index in [1.807, 2.05) is 6.92 Å². The number of hydrogen-bond donors (Lipinski definition) is 10. The van der Waals surface area contributed by atoms with Crippen molar-refractivity contribution in [2.75, 3.05) is 13.2 Å². The number of carbonyl (C=O) groups is 1. The number of esters is 1. The minimum absolute atomic E-state index is 0.108. The van der Waals surface area contributed by atoms with Gasteiger partial charge in [0, 0.05) is 0 Å². The molecule has 0 aromatic heterocycles. The van der Waals surface area contributed by atoms with Crippen LogP contribution in [0, 0.1) is 28.1 Å². The number of rotatable bonds is 8. The molecule has 4 saturated carbocycles. The van der Waals surface area contributed by atoms with E-state index in [1.165, 1.54) is 6.92 Å². The van der Waals surface area contributed by atoms with Gasteiger partial charge in [-0.25, -0.2) is 0 Å². The molecule has 7 fully saturated rings. The molecule has 3 aliphatic heterocycles. The van der Waals surface area contributed by atoms with Crippen LogP contribution in [0.5, 0.6) is 0 Å². The normalized spacial score (nSPS) is 55.4. The first-order valence-corrected chi connectivity index (χ1v) is 19.7. The van der Waals surface area contributed by atoms with Crippen LogP contribution in [-0.2, 0) is 33.2 Å². The van der Waals surface area contributed by atoms with Gasteiger partial charge in [0.15, 0.2) is 12.6 Å². The van der Waals surface area contributed by atoms with Crippen molar-refractivity contribution >= 4 is 5.97 Å². The van der Waals surface area contributed by atoms with E-state index in [-0.39, 0.29) is 22.7 Å². The molecule has 314 valence electrons. The summed E-state index contributed by atoms with van der Waals surface area (Å²) in [6.07, 6.45) is -16.2. The van der Waals surface area contributed by atoms with Gasteiger partial charge in [0.25, 0.3) is 0 Å². The summed E-state index contributed by atoms with van der Waals surface area (Å²) in [5.41, 5.74) is -1.66. The molecule has 2 bridgehead atoms. The zero-order chi connectivity index (χ0) is 40.0. The van der Waals surface area contributed by atoms with Crippen LogP contribution in [0.25, 0.3) is 0 Å². The molecule has 0 aromatic carbocycles. The Morgan fingerprint density at radius 1 is 0.727 bits per heavy atom. The minimum Gasteiger partial charge on any atom is -0.432 e. The topological polar surface area (TPSA) is 275 Å². The summed E-state index contributed by atoms with van der Waals surface area (Å²) in [6.45, 7) is 8.81. The lowest BCUT2D eigenvalue weighted by Gasteiger charge is -2.64. The highest BCUT2D eigenvalue weighted by Crippen LogP contribution is 2.73. The number of carbonyl (C=O) groups excluding carboxylic acids is 1. The van der Waals surface area contributed by atoms with Crippen LogP contribution in [-0.4, -0.2) is 168 Å². The lowest BCUT2D eigenvalue weighted by atomic mass is 9.41. The van der Waals surface area contributed by atoms with Gasteiger partial charge in [-0.2, -0.15) is 0 Å². The fourth-order valence-electron chi connectivity index (χ4n) is 12.0. The van der Waals surface area contributed by atoms with E-state index in [1.54, 1.807) is 0 Å². The van der Waals surface area contributed by atoms with Crippen LogP contribution < -0.4 is 0 Å². The second kappa shape index (κ2) is 15.0. The molecule has 17 nitrogen and oxygen atoms in total. The van der Waals surface area contributed by atoms with Crippen molar-refractivity contribution in [2.24, 2.45) is 28.1 Å². The van der Waals surface area contributed by atoms with Gasteiger partial charge in [0.1, 0.15) is 67.1 Å². The highest BCUT2D eigenvalue weighted by molar-refractivity contribution is 5.77. The van der Waals surface area contributed by atoms with Crippen molar-refractivity contribution in [3.05, 3.63) is 12.2 Å². The third-order valence-corrected chi connectivity index (χ3v) is 14.9. The maximum absolute atomic E-state index is 14.1. The summed E-state index contributed by atoms with van der Waals surface area (Å²) in [5.74, 6) is -0.536. The molecular weight excluding hydrogens is 728 g/mol. The third kappa shape index (κ3) is 6.63. The van der Waals surface area contributed by atoms with Crippen molar-refractivity contribution in [2.45, 2.75) is 176 Å². The first-order chi connectivity index (χ1) is 25.9. The summed E-state index contributed by atoms with van der Waals surface area (Å²) in [7, 11) is 0. The first-order valence-electron chi connectivity index (χ1n) is 19.7. The molecule has 17 heteroatoms. The maximum Gasteiger partial charge on any atom is 0.314 e. The van der Waals surface area contributed by atoms with E-state index < -0.39 is 122 Å². The van der Waals surface area contributed by atoms with E-state index in [4.69, 9.17) is 28.4 Å². The lowest BCUT2D eigenvalue weighted by Crippen LogP contribution is -2.65. The Labute approximate surface area is 319 Å². The number of ether oxygens (including phenoxy) is 6. The molecule has 3 saturated heterocycles. The summed E-state index contributed by atoms with van der Waals surface area (Å²) in [5, 5.41) is 104. The molecule has 0 radical (unpaired) electrons. The first kappa shape index (κ1) is 41.8. The van der Waals surface area contributed by atoms with Crippen LogP contribution in [0.3, 0.4) is 0 Å². The predicted molar refractivity (Wildman–Crippen MR) is 185 cm³/mol. The summed E-state index contributed by atoms with van der Waals surface area (Å²) in [6, 6.07) is 0. The molecule has 55 heavy (non-hydrogen) atoms. The zero-order valence-electron chi connectivity index (χ0n) is 31.6. The zero-order valence-corrected chi connectivity index (χ0v) is 31.6. The Bertz CT molecular complexity index is 1430. The van der Waals surface area contributed by atoms with Crippen LogP contribution in [0.15, 0.2) is 12.2 Å². The van der Waals surface area contributed by atoms with Crippen LogP contribution in [0.1, 0.15) is 78.6 Å². The Hall–Kier alpha value is -1.39. The van der Waals surface area contributed by atoms with E-state index >= 15 is 0 Å². The maximum atomic E-state index is 14.1. The smallest absolute Gasteiger partial charge is 0.314 e. The van der Waals surface area contributed by atoms with Crippen molar-refractivity contribution in [1.29, 1.82) is 0 Å². The van der Waals surface area contributed by atoms with Crippen molar-refractivity contribution < 1.29 is 84.3 Å². The highest BCUT2D eigenvalue weighted by Gasteiger charge is 2.69. The van der Waals surface area contributed by atoms with Gasteiger partial charge in [-0.3, -0.25) is 4.79 Å². The second-order valence-electron chi connectivity index (χ2n) is 18.0. The van der Waals surface area contributed by atoms with E-state index in [0.29, 0.717) is 38.5 Å².